The number of aromatic carboxylic acids is 1. The van der Waals surface area contributed by atoms with Crippen LogP contribution in [-0.4, -0.2) is 27.5 Å². The topological polar surface area (TPSA) is 64.3 Å². The van der Waals surface area contributed by atoms with Crippen LogP contribution in [0.5, 0.6) is 5.75 Å². The lowest BCUT2D eigenvalue weighted by molar-refractivity contribution is 0.0697. The van der Waals surface area contributed by atoms with Crippen LogP contribution >= 0.6 is 0 Å². The molecule has 29 heavy (non-hydrogen) atoms. The highest BCUT2D eigenvalue weighted by atomic mass is 16.5. The van der Waals surface area contributed by atoms with Gasteiger partial charge < -0.3 is 9.84 Å². The van der Waals surface area contributed by atoms with Crippen LogP contribution in [0.15, 0.2) is 54.6 Å². The summed E-state index contributed by atoms with van der Waals surface area (Å²) in [6.07, 6.45) is 1.97. The van der Waals surface area contributed by atoms with Gasteiger partial charge in [0.2, 0.25) is 0 Å². The molecule has 0 spiro atoms. The third-order valence-corrected chi connectivity index (χ3v) is 4.65. The monoisotopic (exact) mass is 392 g/mol. The zero-order valence-electron chi connectivity index (χ0n) is 17.3. The first kappa shape index (κ1) is 20.6. The lowest BCUT2D eigenvalue weighted by atomic mass is 10.1. The number of hydrogen-bond acceptors (Lipinski definition) is 3. The molecule has 1 heterocycles. The molecule has 0 aliphatic heterocycles. The maximum absolute atomic E-state index is 11.5. The van der Waals surface area contributed by atoms with E-state index in [9.17, 15) is 9.90 Å². The second kappa shape index (κ2) is 9.41. The zero-order chi connectivity index (χ0) is 20.8. The van der Waals surface area contributed by atoms with Crippen molar-refractivity contribution in [2.75, 3.05) is 6.61 Å². The Morgan fingerprint density at radius 2 is 1.90 bits per heavy atom. The lowest BCUT2D eigenvalue weighted by Gasteiger charge is -2.11. The molecule has 0 radical (unpaired) electrons. The molecule has 0 aliphatic rings. The fourth-order valence-electron chi connectivity index (χ4n) is 3.19. The minimum atomic E-state index is -0.962. The molecule has 5 heteroatoms. The summed E-state index contributed by atoms with van der Waals surface area (Å²) in [6.45, 7) is 7.78. The second-order valence-corrected chi connectivity index (χ2v) is 7.57. The molecule has 0 saturated heterocycles. The summed E-state index contributed by atoms with van der Waals surface area (Å²) >= 11 is 0. The van der Waals surface area contributed by atoms with E-state index in [2.05, 4.69) is 32.9 Å². The number of benzene rings is 2. The number of unbranched alkanes of at least 4 members (excludes halogenated alkanes) is 1. The van der Waals surface area contributed by atoms with Crippen molar-refractivity contribution in [2.24, 2.45) is 5.92 Å². The molecule has 0 fully saturated rings. The highest BCUT2D eigenvalue weighted by Crippen LogP contribution is 2.34. The van der Waals surface area contributed by atoms with E-state index in [1.165, 1.54) is 0 Å². The molecule has 2 aromatic carbocycles. The minimum absolute atomic E-state index is 0.225. The van der Waals surface area contributed by atoms with E-state index in [1.54, 1.807) is 18.2 Å². The standard InChI is InChI=1S/C24H28N2O3/c1-4-5-13-29-23-12-11-19(24(27)28)14-20(23)21-15-22(18-9-7-6-8-10-18)26(25-21)16-17(2)3/h6-12,14-15,17H,4-5,13,16H2,1-3H3,(H,27,28). The van der Waals surface area contributed by atoms with Gasteiger partial charge in [0.15, 0.2) is 0 Å². The van der Waals surface area contributed by atoms with E-state index in [1.807, 2.05) is 28.9 Å². The molecule has 0 amide bonds. The smallest absolute Gasteiger partial charge is 0.335 e. The van der Waals surface area contributed by atoms with Crippen molar-refractivity contribution in [3.63, 3.8) is 0 Å². The highest BCUT2D eigenvalue weighted by molar-refractivity contribution is 5.90. The Morgan fingerprint density at radius 1 is 1.14 bits per heavy atom. The van der Waals surface area contributed by atoms with Gasteiger partial charge in [-0.05, 0) is 42.2 Å². The molecular formula is C24H28N2O3. The van der Waals surface area contributed by atoms with E-state index in [-0.39, 0.29) is 5.56 Å². The van der Waals surface area contributed by atoms with Gasteiger partial charge in [-0.2, -0.15) is 5.10 Å². The number of carboxylic acids is 1. The van der Waals surface area contributed by atoms with Gasteiger partial charge in [0.25, 0.3) is 0 Å². The van der Waals surface area contributed by atoms with Gasteiger partial charge in [-0.15, -0.1) is 0 Å². The van der Waals surface area contributed by atoms with E-state index >= 15 is 0 Å². The summed E-state index contributed by atoms with van der Waals surface area (Å²) in [5, 5.41) is 14.3. The van der Waals surface area contributed by atoms with Gasteiger partial charge in [-0.25, -0.2) is 4.79 Å². The van der Waals surface area contributed by atoms with Crippen LogP contribution in [0.2, 0.25) is 0 Å². The summed E-state index contributed by atoms with van der Waals surface area (Å²) in [7, 11) is 0. The van der Waals surface area contributed by atoms with Gasteiger partial charge in [0, 0.05) is 12.1 Å². The van der Waals surface area contributed by atoms with Crippen LogP contribution in [-0.2, 0) is 6.54 Å². The number of nitrogens with zero attached hydrogens (tertiary/aromatic N) is 2. The van der Waals surface area contributed by atoms with Gasteiger partial charge in [0.05, 0.1) is 23.6 Å². The molecule has 0 atom stereocenters. The van der Waals surface area contributed by atoms with E-state index < -0.39 is 5.97 Å². The number of hydrogen-bond donors (Lipinski definition) is 1. The largest absolute Gasteiger partial charge is 0.493 e. The normalized spacial score (nSPS) is 11.0. The van der Waals surface area contributed by atoms with Crippen molar-refractivity contribution in [3.8, 4) is 28.3 Å². The molecule has 3 rings (SSSR count). The number of ether oxygens (including phenoxy) is 1. The van der Waals surface area contributed by atoms with Crippen molar-refractivity contribution >= 4 is 5.97 Å². The molecule has 0 unspecified atom stereocenters. The predicted octanol–water partition coefficient (Wildman–Crippen LogP) is 5.75. The molecule has 0 saturated carbocycles. The highest BCUT2D eigenvalue weighted by Gasteiger charge is 2.17. The molecule has 0 aliphatic carbocycles. The van der Waals surface area contributed by atoms with Gasteiger partial charge in [-0.1, -0.05) is 57.5 Å². The first-order valence-corrected chi connectivity index (χ1v) is 10.1. The number of aromatic nitrogens is 2. The molecule has 1 N–H and O–H groups in total. The van der Waals surface area contributed by atoms with Crippen LogP contribution < -0.4 is 4.74 Å². The van der Waals surface area contributed by atoms with Crippen LogP contribution in [0, 0.1) is 5.92 Å². The lowest BCUT2D eigenvalue weighted by Crippen LogP contribution is -2.08. The first-order valence-electron chi connectivity index (χ1n) is 10.1. The van der Waals surface area contributed by atoms with Gasteiger partial charge in [-0.3, -0.25) is 4.68 Å². The Morgan fingerprint density at radius 3 is 2.55 bits per heavy atom. The third-order valence-electron chi connectivity index (χ3n) is 4.65. The summed E-state index contributed by atoms with van der Waals surface area (Å²) in [6, 6.07) is 17.1. The van der Waals surface area contributed by atoms with Crippen molar-refractivity contribution in [1.82, 2.24) is 9.78 Å². The van der Waals surface area contributed by atoms with Crippen molar-refractivity contribution < 1.29 is 14.6 Å². The number of carbonyl (C=O) groups is 1. The average Bonchev–Trinajstić information content (AvgIpc) is 3.11. The second-order valence-electron chi connectivity index (χ2n) is 7.57. The van der Waals surface area contributed by atoms with E-state index in [4.69, 9.17) is 9.84 Å². The molecule has 1 aromatic heterocycles. The Bertz CT molecular complexity index is 962. The number of carboxylic acid groups (broad SMARTS) is 1. The van der Waals surface area contributed by atoms with Gasteiger partial charge in [0.1, 0.15) is 5.75 Å². The quantitative estimate of drug-likeness (QED) is 0.471. The molecule has 3 aromatic rings. The maximum Gasteiger partial charge on any atom is 0.335 e. The minimum Gasteiger partial charge on any atom is -0.493 e. The number of rotatable bonds is 9. The SMILES string of the molecule is CCCCOc1ccc(C(=O)O)cc1-c1cc(-c2ccccc2)n(CC(C)C)n1. The molecule has 5 nitrogen and oxygen atoms in total. The van der Waals surface area contributed by atoms with E-state index in [0.29, 0.717) is 23.8 Å². The third kappa shape index (κ3) is 5.05. The Labute approximate surface area is 172 Å². The van der Waals surface area contributed by atoms with E-state index in [0.717, 1.165) is 36.3 Å². The summed E-state index contributed by atoms with van der Waals surface area (Å²) in [5.74, 6) is 0.129. The Balaban J connectivity index is 2.09. The van der Waals surface area contributed by atoms with Crippen molar-refractivity contribution in [2.45, 2.75) is 40.2 Å². The summed E-state index contributed by atoms with van der Waals surface area (Å²) < 4.78 is 7.96. The predicted molar refractivity (Wildman–Crippen MR) is 115 cm³/mol. The zero-order valence-corrected chi connectivity index (χ0v) is 17.3. The molecular weight excluding hydrogens is 364 g/mol. The summed E-state index contributed by atoms with van der Waals surface area (Å²) in [5.41, 5.74) is 3.74. The Kier molecular flexibility index (Phi) is 6.70. The Hall–Kier alpha value is -3.08. The first-order chi connectivity index (χ1) is 14.0. The van der Waals surface area contributed by atoms with Crippen LogP contribution in [0.4, 0.5) is 0 Å². The van der Waals surface area contributed by atoms with Crippen LogP contribution in [0.1, 0.15) is 44.0 Å². The summed E-state index contributed by atoms with van der Waals surface area (Å²) in [4.78, 5) is 11.5. The average molecular weight is 392 g/mol. The molecule has 152 valence electrons. The van der Waals surface area contributed by atoms with Gasteiger partial charge >= 0.3 is 5.97 Å². The van der Waals surface area contributed by atoms with Crippen molar-refractivity contribution in [3.05, 3.63) is 60.2 Å². The van der Waals surface area contributed by atoms with Crippen LogP contribution in [0.25, 0.3) is 22.5 Å². The van der Waals surface area contributed by atoms with Crippen LogP contribution in [0.3, 0.4) is 0 Å². The fraction of sp³-hybridized carbons (Fsp3) is 0.333. The maximum atomic E-state index is 11.5. The van der Waals surface area contributed by atoms with Crippen molar-refractivity contribution in [1.29, 1.82) is 0 Å². The molecule has 0 bridgehead atoms. The fourth-order valence-corrected chi connectivity index (χ4v) is 3.19.